The van der Waals surface area contributed by atoms with E-state index in [0.29, 0.717) is 55.3 Å². The number of fused-ring (bicyclic) bond motifs is 5. The maximum atomic E-state index is 12.7. The number of nitro benzene ring substituents is 2. The van der Waals surface area contributed by atoms with Gasteiger partial charge in [-0.2, -0.15) is 0 Å². The summed E-state index contributed by atoms with van der Waals surface area (Å²) in [6, 6.07) is 3.72. The van der Waals surface area contributed by atoms with Gasteiger partial charge in [0.1, 0.15) is 0 Å². The van der Waals surface area contributed by atoms with Crippen molar-refractivity contribution in [1.29, 1.82) is 0 Å². The number of aliphatic hydroxyl groups excluding tert-OH is 1. The fraction of sp³-hybridized carbons (Fsp3) is 0.735. The second-order valence-corrected chi connectivity index (χ2v) is 14.6. The molecule has 10 nitrogen and oxygen atoms in total. The molecule has 0 aromatic heterocycles. The number of rotatable bonds is 12. The van der Waals surface area contributed by atoms with Crippen LogP contribution in [0.15, 0.2) is 29.8 Å². The number of nitrogens with one attached hydrogen (secondary N) is 2. The molecule has 8 atom stereocenters. The van der Waals surface area contributed by atoms with E-state index in [1.165, 1.54) is 49.8 Å². The van der Waals surface area contributed by atoms with Crippen molar-refractivity contribution >= 4 is 17.3 Å². The highest BCUT2D eigenvalue weighted by molar-refractivity contribution is 5.75. The zero-order valence-electron chi connectivity index (χ0n) is 26.6. The Kier molecular flexibility index (Phi) is 9.80. The monoisotopic (exact) mass is 610 g/mol. The number of carbonyl (C=O) groups is 1. The molecule has 0 radical (unpaired) electrons. The second-order valence-electron chi connectivity index (χ2n) is 14.6. The van der Waals surface area contributed by atoms with Gasteiger partial charge in [-0.05, 0) is 117 Å². The molecule has 0 heterocycles. The number of nitro groups is 2. The molecule has 1 amide bonds. The van der Waals surface area contributed by atoms with Gasteiger partial charge in [-0.3, -0.25) is 25.0 Å². The summed E-state index contributed by atoms with van der Waals surface area (Å²) >= 11 is 0. The van der Waals surface area contributed by atoms with E-state index in [2.05, 4.69) is 37.5 Å². The molecule has 4 aliphatic rings. The largest absolute Gasteiger partial charge is 0.393 e. The predicted octanol–water partition coefficient (Wildman–Crippen LogP) is 6.11. The minimum atomic E-state index is -0.637. The van der Waals surface area contributed by atoms with Crippen LogP contribution in [0.2, 0.25) is 0 Å². The SMILES string of the molecule is C[C@H](CCC(=O)NCCNCCc1ccc([N+](=O)[O-])cc1[N+](=O)[O-])[C@H]1CC[C@H]2[C@@H]3CC=C4C[C@@H](O)CC[C@]4(C)[C@H]3CC[C@]12C. The molecular formula is C34H50N4O6. The number of non-ortho nitro benzene ring substituents is 1. The minimum Gasteiger partial charge on any atom is -0.393 e. The first-order valence-corrected chi connectivity index (χ1v) is 16.7. The number of amides is 1. The lowest BCUT2D eigenvalue weighted by molar-refractivity contribution is -0.394. The van der Waals surface area contributed by atoms with E-state index >= 15 is 0 Å². The Labute approximate surface area is 260 Å². The van der Waals surface area contributed by atoms with Crippen molar-refractivity contribution in [3.63, 3.8) is 0 Å². The number of hydrogen-bond donors (Lipinski definition) is 3. The van der Waals surface area contributed by atoms with Crippen molar-refractivity contribution in [2.24, 2.45) is 40.4 Å². The van der Waals surface area contributed by atoms with Crippen LogP contribution in [0, 0.1) is 60.6 Å². The summed E-state index contributed by atoms with van der Waals surface area (Å²) in [5.74, 6) is 3.45. The van der Waals surface area contributed by atoms with E-state index < -0.39 is 9.85 Å². The van der Waals surface area contributed by atoms with Crippen LogP contribution < -0.4 is 10.6 Å². The lowest BCUT2D eigenvalue weighted by Gasteiger charge is -2.58. The van der Waals surface area contributed by atoms with Crippen LogP contribution >= 0.6 is 0 Å². The van der Waals surface area contributed by atoms with Crippen molar-refractivity contribution in [2.45, 2.75) is 97.5 Å². The molecule has 1 aromatic carbocycles. The fourth-order valence-corrected chi connectivity index (χ4v) is 9.95. The normalized spacial score (nSPS) is 33.4. The van der Waals surface area contributed by atoms with E-state index in [1.54, 1.807) is 0 Å². The summed E-state index contributed by atoms with van der Waals surface area (Å²) in [6.45, 7) is 8.87. The van der Waals surface area contributed by atoms with Crippen molar-refractivity contribution < 1.29 is 19.7 Å². The molecule has 4 aliphatic carbocycles. The van der Waals surface area contributed by atoms with Crippen LogP contribution in [0.4, 0.5) is 11.4 Å². The van der Waals surface area contributed by atoms with Crippen molar-refractivity contribution in [1.82, 2.24) is 10.6 Å². The number of allylic oxidation sites excluding steroid dienone is 1. The Bertz CT molecular complexity index is 1280. The van der Waals surface area contributed by atoms with Crippen LogP contribution in [-0.2, 0) is 11.2 Å². The molecule has 10 heteroatoms. The van der Waals surface area contributed by atoms with Gasteiger partial charge in [0.2, 0.25) is 5.91 Å². The van der Waals surface area contributed by atoms with Gasteiger partial charge in [0.15, 0.2) is 0 Å². The lowest BCUT2D eigenvalue weighted by Crippen LogP contribution is -2.50. The average molecular weight is 611 g/mol. The minimum absolute atomic E-state index is 0.0606. The Hall–Kier alpha value is -2.85. The number of nitrogens with zero attached hydrogens (tertiary/aromatic N) is 2. The summed E-state index contributed by atoms with van der Waals surface area (Å²) in [6.07, 6.45) is 13.3. The van der Waals surface area contributed by atoms with Gasteiger partial charge >= 0.3 is 0 Å². The first-order valence-electron chi connectivity index (χ1n) is 16.7. The van der Waals surface area contributed by atoms with Crippen LogP contribution in [0.3, 0.4) is 0 Å². The van der Waals surface area contributed by atoms with Crippen LogP contribution in [0.5, 0.6) is 0 Å². The zero-order chi connectivity index (χ0) is 31.6. The maximum absolute atomic E-state index is 12.7. The molecule has 1 aromatic rings. The first kappa shape index (κ1) is 32.5. The quantitative estimate of drug-likeness (QED) is 0.112. The molecule has 5 rings (SSSR count). The third-order valence-corrected chi connectivity index (χ3v) is 12.3. The molecule has 0 aliphatic heterocycles. The van der Waals surface area contributed by atoms with Gasteiger partial charge in [-0.25, -0.2) is 0 Å². The number of hydrogen-bond acceptors (Lipinski definition) is 7. The molecule has 0 unspecified atom stereocenters. The fourth-order valence-electron chi connectivity index (χ4n) is 9.95. The summed E-state index contributed by atoms with van der Waals surface area (Å²) in [5, 5.41) is 38.7. The van der Waals surface area contributed by atoms with E-state index in [9.17, 15) is 30.1 Å². The van der Waals surface area contributed by atoms with Crippen LogP contribution in [0.1, 0.15) is 90.5 Å². The number of aliphatic hydroxyl groups is 1. The molecule has 3 N–H and O–H groups in total. The Morgan fingerprint density at radius 2 is 1.84 bits per heavy atom. The number of benzene rings is 1. The summed E-state index contributed by atoms with van der Waals surface area (Å²) in [4.78, 5) is 33.7. The average Bonchev–Trinajstić information content (AvgIpc) is 3.35. The third kappa shape index (κ3) is 6.43. The second kappa shape index (κ2) is 13.3. The number of carbonyl (C=O) groups excluding carboxylic acids is 1. The lowest BCUT2D eigenvalue weighted by atomic mass is 9.47. The zero-order valence-corrected chi connectivity index (χ0v) is 26.6. The Balaban J connectivity index is 1.04. The van der Waals surface area contributed by atoms with Crippen molar-refractivity contribution in [3.05, 3.63) is 55.6 Å². The summed E-state index contributed by atoms with van der Waals surface area (Å²) < 4.78 is 0. The molecule has 0 saturated heterocycles. The van der Waals surface area contributed by atoms with E-state index in [1.807, 2.05) is 0 Å². The van der Waals surface area contributed by atoms with Gasteiger partial charge in [-0.15, -0.1) is 0 Å². The molecule has 3 fully saturated rings. The van der Waals surface area contributed by atoms with E-state index in [0.717, 1.165) is 49.5 Å². The highest BCUT2D eigenvalue weighted by atomic mass is 16.6. The molecular weight excluding hydrogens is 560 g/mol. The highest BCUT2D eigenvalue weighted by Crippen LogP contribution is 2.67. The summed E-state index contributed by atoms with van der Waals surface area (Å²) in [5.41, 5.74) is 2.03. The van der Waals surface area contributed by atoms with Crippen molar-refractivity contribution in [3.8, 4) is 0 Å². The van der Waals surface area contributed by atoms with Gasteiger partial charge in [0.05, 0.1) is 22.0 Å². The van der Waals surface area contributed by atoms with Gasteiger partial charge in [-0.1, -0.05) is 32.4 Å². The van der Waals surface area contributed by atoms with E-state index in [-0.39, 0.29) is 28.8 Å². The van der Waals surface area contributed by atoms with Gasteiger partial charge in [0, 0.05) is 31.1 Å². The van der Waals surface area contributed by atoms with Gasteiger partial charge in [0.25, 0.3) is 11.4 Å². The van der Waals surface area contributed by atoms with Crippen molar-refractivity contribution in [2.75, 3.05) is 19.6 Å². The summed E-state index contributed by atoms with van der Waals surface area (Å²) in [7, 11) is 0. The molecule has 3 saturated carbocycles. The first-order chi connectivity index (χ1) is 20.9. The molecule has 0 bridgehead atoms. The maximum Gasteiger partial charge on any atom is 0.279 e. The smallest absolute Gasteiger partial charge is 0.279 e. The van der Waals surface area contributed by atoms with Gasteiger partial charge < -0.3 is 15.7 Å². The molecule has 44 heavy (non-hydrogen) atoms. The molecule has 0 spiro atoms. The predicted molar refractivity (Wildman–Crippen MR) is 169 cm³/mol. The topological polar surface area (TPSA) is 148 Å². The Morgan fingerprint density at radius 3 is 2.59 bits per heavy atom. The third-order valence-electron chi connectivity index (χ3n) is 12.3. The molecule has 242 valence electrons. The highest BCUT2D eigenvalue weighted by Gasteiger charge is 2.59. The van der Waals surface area contributed by atoms with Crippen LogP contribution in [-0.4, -0.2) is 46.6 Å². The Morgan fingerprint density at radius 1 is 1.05 bits per heavy atom. The van der Waals surface area contributed by atoms with Crippen LogP contribution in [0.25, 0.3) is 0 Å². The standard InChI is InChI=1S/C34H50N4O6/c1-22(4-11-32(40)36-19-18-35-17-14-23-5-7-25(37(41)42)21-31(23)38(43)44)28-9-10-29-27-8-6-24-20-26(39)12-15-33(24,2)30(27)13-16-34(28,29)3/h5-7,21-22,26-30,35,39H,4,8-20H2,1-3H3,(H,36,40)/t22-,26+,27+,28-,29+,30+,33+,34-/m1/s1. The van der Waals surface area contributed by atoms with E-state index in [4.69, 9.17) is 0 Å².